The molecular weight excluding hydrogens is 184 g/mol. The Balaban J connectivity index is 2.20. The van der Waals surface area contributed by atoms with Crippen LogP contribution in [0, 0.1) is 0 Å². The summed E-state index contributed by atoms with van der Waals surface area (Å²) in [5, 5.41) is 3.02. The van der Waals surface area contributed by atoms with Crippen LogP contribution in [0.15, 0.2) is 11.6 Å². The predicted molar refractivity (Wildman–Crippen MR) is 52.6 cm³/mol. The number of hydrogen-bond acceptors (Lipinski definition) is 4. The maximum atomic E-state index is 6.28. The highest BCUT2D eigenvalue weighted by Gasteiger charge is 2.35. The fourth-order valence-corrected chi connectivity index (χ4v) is 2.57. The van der Waals surface area contributed by atoms with Gasteiger partial charge >= 0.3 is 0 Å². The molecule has 2 unspecified atom stereocenters. The molecule has 2 N–H and O–H groups in total. The number of thiazole rings is 1. The molecule has 1 aliphatic heterocycles. The van der Waals surface area contributed by atoms with Gasteiger partial charge in [0.25, 0.3) is 0 Å². The van der Waals surface area contributed by atoms with Gasteiger partial charge in [-0.15, -0.1) is 11.3 Å². The van der Waals surface area contributed by atoms with Crippen LogP contribution in [0.4, 0.5) is 0 Å². The third kappa shape index (κ3) is 1.75. The van der Waals surface area contributed by atoms with Gasteiger partial charge in [0.15, 0.2) is 0 Å². The van der Waals surface area contributed by atoms with Crippen molar-refractivity contribution in [2.75, 3.05) is 6.61 Å². The van der Waals surface area contributed by atoms with Crippen molar-refractivity contribution in [2.24, 2.45) is 5.73 Å². The molecule has 1 aromatic rings. The van der Waals surface area contributed by atoms with Crippen molar-refractivity contribution < 1.29 is 4.74 Å². The highest BCUT2D eigenvalue weighted by molar-refractivity contribution is 7.09. The van der Waals surface area contributed by atoms with Crippen LogP contribution in [-0.2, 0) is 10.3 Å². The first kappa shape index (κ1) is 9.12. The first-order valence-corrected chi connectivity index (χ1v) is 5.39. The van der Waals surface area contributed by atoms with Gasteiger partial charge in [0.1, 0.15) is 5.01 Å². The Hall–Kier alpha value is -0.450. The van der Waals surface area contributed by atoms with E-state index in [1.165, 1.54) is 0 Å². The molecule has 0 amide bonds. The largest absolute Gasteiger partial charge is 0.378 e. The predicted octanol–water partition coefficient (Wildman–Crippen LogP) is 1.50. The fraction of sp³-hybridized carbons (Fsp3) is 0.667. The van der Waals surface area contributed by atoms with Crippen molar-refractivity contribution >= 4 is 11.3 Å². The average molecular weight is 198 g/mol. The number of rotatable bonds is 1. The van der Waals surface area contributed by atoms with E-state index in [0.29, 0.717) is 0 Å². The molecule has 72 valence electrons. The lowest BCUT2D eigenvalue weighted by Gasteiger charge is -2.35. The van der Waals surface area contributed by atoms with Crippen LogP contribution in [-0.4, -0.2) is 17.7 Å². The Morgan fingerprint density at radius 1 is 1.77 bits per heavy atom. The van der Waals surface area contributed by atoms with Crippen LogP contribution < -0.4 is 5.73 Å². The molecule has 1 fully saturated rings. The van der Waals surface area contributed by atoms with Crippen molar-refractivity contribution in [3.05, 3.63) is 16.6 Å². The van der Waals surface area contributed by atoms with Gasteiger partial charge in [0.05, 0.1) is 11.6 Å². The summed E-state index contributed by atoms with van der Waals surface area (Å²) in [5.74, 6) is 0. The summed E-state index contributed by atoms with van der Waals surface area (Å²) in [5.41, 5.74) is 6.04. The van der Waals surface area contributed by atoms with E-state index in [0.717, 1.165) is 24.5 Å². The van der Waals surface area contributed by atoms with Crippen molar-refractivity contribution in [2.45, 2.75) is 31.4 Å². The number of aromatic nitrogens is 1. The van der Waals surface area contributed by atoms with E-state index in [9.17, 15) is 0 Å². The molecule has 0 radical (unpaired) electrons. The molecule has 1 aliphatic rings. The third-order valence-corrected chi connectivity index (χ3v) is 3.45. The van der Waals surface area contributed by atoms with E-state index < -0.39 is 0 Å². The van der Waals surface area contributed by atoms with Crippen LogP contribution in [0.5, 0.6) is 0 Å². The van der Waals surface area contributed by atoms with Gasteiger partial charge in [-0.25, -0.2) is 4.98 Å². The summed E-state index contributed by atoms with van der Waals surface area (Å²) < 4.78 is 5.47. The van der Waals surface area contributed by atoms with E-state index >= 15 is 0 Å². The highest BCUT2D eigenvalue weighted by atomic mass is 32.1. The number of hydrogen-bond donors (Lipinski definition) is 1. The van der Waals surface area contributed by atoms with Gasteiger partial charge in [-0.3, -0.25) is 0 Å². The maximum Gasteiger partial charge on any atom is 0.113 e. The lowest BCUT2D eigenvalue weighted by Crippen LogP contribution is -2.44. The molecule has 1 aromatic heterocycles. The zero-order chi connectivity index (χ0) is 9.31. The van der Waals surface area contributed by atoms with E-state index in [1.54, 1.807) is 11.3 Å². The molecule has 2 rings (SSSR count). The minimum atomic E-state index is -0.244. The Kier molecular flexibility index (Phi) is 2.36. The molecule has 0 bridgehead atoms. The average Bonchev–Trinajstić information content (AvgIpc) is 2.55. The quantitative estimate of drug-likeness (QED) is 0.744. The second kappa shape index (κ2) is 3.36. The molecule has 2 heterocycles. The highest BCUT2D eigenvalue weighted by Crippen LogP contribution is 2.32. The van der Waals surface area contributed by atoms with Gasteiger partial charge < -0.3 is 10.5 Å². The minimum Gasteiger partial charge on any atom is -0.378 e. The molecule has 0 saturated carbocycles. The van der Waals surface area contributed by atoms with Gasteiger partial charge in [0.2, 0.25) is 0 Å². The smallest absolute Gasteiger partial charge is 0.113 e. The second-order valence-corrected chi connectivity index (χ2v) is 4.52. The van der Waals surface area contributed by atoms with Crippen LogP contribution >= 0.6 is 11.3 Å². The summed E-state index contributed by atoms with van der Waals surface area (Å²) >= 11 is 1.64. The van der Waals surface area contributed by atoms with E-state index in [-0.39, 0.29) is 11.6 Å². The van der Waals surface area contributed by atoms with Gasteiger partial charge in [-0.1, -0.05) is 0 Å². The SMILES string of the molecule is CC1CC(N)(c2nccs2)CCO1. The molecule has 13 heavy (non-hydrogen) atoms. The van der Waals surface area contributed by atoms with Crippen molar-refractivity contribution in [1.82, 2.24) is 4.98 Å². The molecule has 3 nitrogen and oxygen atoms in total. The zero-order valence-corrected chi connectivity index (χ0v) is 8.51. The van der Waals surface area contributed by atoms with E-state index in [1.807, 2.05) is 11.6 Å². The van der Waals surface area contributed by atoms with Crippen LogP contribution in [0.3, 0.4) is 0 Å². The summed E-state index contributed by atoms with van der Waals surface area (Å²) in [7, 11) is 0. The van der Waals surface area contributed by atoms with Crippen molar-refractivity contribution in [3.63, 3.8) is 0 Å². The van der Waals surface area contributed by atoms with Crippen LogP contribution in [0.25, 0.3) is 0 Å². The molecule has 0 aromatic carbocycles. The molecule has 0 spiro atoms. The molecule has 4 heteroatoms. The lowest BCUT2D eigenvalue weighted by atomic mass is 9.89. The van der Waals surface area contributed by atoms with Crippen molar-refractivity contribution in [1.29, 1.82) is 0 Å². The number of nitrogens with two attached hydrogens (primary N) is 1. The standard InChI is InChI=1S/C9H14N2OS/c1-7-6-9(10,2-4-12-7)8-11-3-5-13-8/h3,5,7H,2,4,6,10H2,1H3. The van der Waals surface area contributed by atoms with Gasteiger partial charge in [-0.2, -0.15) is 0 Å². The minimum absolute atomic E-state index is 0.244. The monoisotopic (exact) mass is 198 g/mol. The summed E-state index contributed by atoms with van der Waals surface area (Å²) in [6.45, 7) is 2.81. The molecule has 0 aliphatic carbocycles. The zero-order valence-electron chi connectivity index (χ0n) is 7.69. The summed E-state index contributed by atoms with van der Waals surface area (Å²) in [6.07, 6.45) is 3.82. The topological polar surface area (TPSA) is 48.1 Å². The molecule has 1 saturated heterocycles. The normalized spacial score (nSPS) is 34.8. The Morgan fingerprint density at radius 2 is 2.62 bits per heavy atom. The van der Waals surface area contributed by atoms with Gasteiger partial charge in [0, 0.05) is 18.2 Å². The first-order chi connectivity index (χ1) is 6.21. The second-order valence-electron chi connectivity index (χ2n) is 3.63. The number of nitrogens with zero attached hydrogens (tertiary/aromatic N) is 1. The lowest BCUT2D eigenvalue weighted by molar-refractivity contribution is -0.00892. The van der Waals surface area contributed by atoms with Crippen LogP contribution in [0.2, 0.25) is 0 Å². The fourth-order valence-electron chi connectivity index (χ4n) is 1.78. The third-order valence-electron chi connectivity index (χ3n) is 2.46. The van der Waals surface area contributed by atoms with Crippen LogP contribution in [0.1, 0.15) is 24.8 Å². The molecule has 2 atom stereocenters. The number of ether oxygens (including phenoxy) is 1. The van der Waals surface area contributed by atoms with Gasteiger partial charge in [-0.05, 0) is 19.8 Å². The molecular formula is C9H14N2OS. The summed E-state index contributed by atoms with van der Waals surface area (Å²) in [4.78, 5) is 4.28. The Morgan fingerprint density at radius 3 is 3.23 bits per heavy atom. The Bertz CT molecular complexity index is 275. The summed E-state index contributed by atoms with van der Waals surface area (Å²) in [6, 6.07) is 0. The first-order valence-electron chi connectivity index (χ1n) is 4.51. The maximum absolute atomic E-state index is 6.28. The Labute approximate surface area is 81.9 Å². The van der Waals surface area contributed by atoms with E-state index in [4.69, 9.17) is 10.5 Å². The van der Waals surface area contributed by atoms with E-state index in [2.05, 4.69) is 11.9 Å². The van der Waals surface area contributed by atoms with Crippen molar-refractivity contribution in [3.8, 4) is 0 Å².